The number of nitrogens with one attached hydrogen (secondary N) is 1. The molecule has 0 aliphatic carbocycles. The summed E-state index contributed by atoms with van der Waals surface area (Å²) in [5.74, 6) is -0.0111. The van der Waals surface area contributed by atoms with Gasteiger partial charge in [-0.2, -0.15) is 5.26 Å². The van der Waals surface area contributed by atoms with E-state index in [9.17, 15) is 9.59 Å². The molecule has 176 valence electrons. The molecule has 34 heavy (non-hydrogen) atoms. The van der Waals surface area contributed by atoms with Crippen LogP contribution in [0.1, 0.15) is 37.6 Å². The third-order valence-electron chi connectivity index (χ3n) is 5.24. The topological polar surface area (TPSA) is 123 Å². The van der Waals surface area contributed by atoms with Gasteiger partial charge < -0.3 is 10.1 Å². The first-order valence-corrected chi connectivity index (χ1v) is 11.3. The minimum absolute atomic E-state index is 0.0833. The van der Waals surface area contributed by atoms with Gasteiger partial charge in [-0.1, -0.05) is 54.6 Å². The minimum Gasteiger partial charge on any atom is -0.466 e. The van der Waals surface area contributed by atoms with Crippen molar-refractivity contribution in [2.24, 2.45) is 0 Å². The SMILES string of the molecule is CCOC(=O)CC(Cc1ccc(-c2ccccc2)cc1)NC(=O)CCc1nnnn1CCC#N. The summed E-state index contributed by atoms with van der Waals surface area (Å²) in [5, 5.41) is 23.1. The van der Waals surface area contributed by atoms with Gasteiger partial charge in [-0.25, -0.2) is 4.68 Å². The highest BCUT2D eigenvalue weighted by Crippen LogP contribution is 2.20. The zero-order valence-electron chi connectivity index (χ0n) is 19.2. The largest absolute Gasteiger partial charge is 0.466 e. The quantitative estimate of drug-likeness (QED) is 0.412. The van der Waals surface area contributed by atoms with Crippen molar-refractivity contribution in [3.8, 4) is 17.2 Å². The van der Waals surface area contributed by atoms with Gasteiger partial charge in [-0.15, -0.1) is 5.10 Å². The van der Waals surface area contributed by atoms with Gasteiger partial charge in [0.2, 0.25) is 5.91 Å². The Kier molecular flexibility index (Phi) is 9.29. The van der Waals surface area contributed by atoms with E-state index < -0.39 is 6.04 Å². The van der Waals surface area contributed by atoms with Crippen LogP contribution in [-0.2, 0) is 33.7 Å². The van der Waals surface area contributed by atoms with Crippen LogP contribution in [0.25, 0.3) is 11.1 Å². The average molecular weight is 461 g/mol. The van der Waals surface area contributed by atoms with E-state index in [-0.39, 0.29) is 37.7 Å². The summed E-state index contributed by atoms with van der Waals surface area (Å²) >= 11 is 0. The summed E-state index contributed by atoms with van der Waals surface area (Å²) in [7, 11) is 0. The molecule has 1 aromatic heterocycles. The lowest BCUT2D eigenvalue weighted by Gasteiger charge is -2.18. The number of benzene rings is 2. The van der Waals surface area contributed by atoms with E-state index in [2.05, 4.69) is 33.0 Å². The lowest BCUT2D eigenvalue weighted by atomic mass is 9.99. The van der Waals surface area contributed by atoms with Crippen molar-refractivity contribution >= 4 is 11.9 Å². The third kappa shape index (κ3) is 7.52. The molecule has 3 rings (SSSR count). The molecule has 9 heteroatoms. The summed E-state index contributed by atoms with van der Waals surface area (Å²) < 4.78 is 6.62. The molecule has 0 fully saturated rings. The summed E-state index contributed by atoms with van der Waals surface area (Å²) in [6.07, 6.45) is 1.37. The number of hydrogen-bond donors (Lipinski definition) is 1. The molecule has 3 aromatic rings. The molecule has 2 aromatic carbocycles. The van der Waals surface area contributed by atoms with E-state index in [1.807, 2.05) is 48.5 Å². The van der Waals surface area contributed by atoms with Crippen LogP contribution in [0.5, 0.6) is 0 Å². The van der Waals surface area contributed by atoms with Crippen molar-refractivity contribution in [3.63, 3.8) is 0 Å². The first kappa shape index (κ1) is 24.6. The van der Waals surface area contributed by atoms with Crippen LogP contribution in [-0.4, -0.2) is 44.7 Å². The zero-order valence-corrected chi connectivity index (χ0v) is 19.2. The van der Waals surface area contributed by atoms with Crippen LogP contribution in [0, 0.1) is 11.3 Å². The number of rotatable bonds is 12. The number of aryl methyl sites for hydroxylation is 2. The lowest BCUT2D eigenvalue weighted by molar-refractivity contribution is -0.143. The molecule has 0 radical (unpaired) electrons. The Bertz CT molecular complexity index is 1110. The second-order valence-electron chi connectivity index (χ2n) is 7.77. The van der Waals surface area contributed by atoms with Crippen LogP contribution < -0.4 is 5.32 Å². The fourth-order valence-corrected chi connectivity index (χ4v) is 3.60. The van der Waals surface area contributed by atoms with Gasteiger partial charge in [-0.3, -0.25) is 9.59 Å². The standard InChI is InChI=1S/C25H28N6O3/c1-2-34-25(33)18-22(17-19-9-11-21(12-10-19)20-7-4-3-5-8-20)27-24(32)14-13-23-28-29-30-31(23)16-6-15-26/h3-5,7-12,22H,2,6,13-14,16-18H2,1H3,(H,27,32). The van der Waals surface area contributed by atoms with Crippen molar-refractivity contribution in [2.75, 3.05) is 6.61 Å². The molecular formula is C25H28N6O3. The summed E-state index contributed by atoms with van der Waals surface area (Å²) in [6.45, 7) is 2.42. The molecular weight excluding hydrogens is 432 g/mol. The van der Waals surface area contributed by atoms with E-state index in [1.54, 1.807) is 6.92 Å². The van der Waals surface area contributed by atoms with Gasteiger partial charge in [0.15, 0.2) is 5.82 Å². The van der Waals surface area contributed by atoms with Crippen molar-refractivity contribution in [2.45, 2.75) is 51.6 Å². The number of nitrogens with zero attached hydrogens (tertiary/aromatic N) is 5. The number of tetrazole rings is 1. The van der Waals surface area contributed by atoms with Crippen LogP contribution in [0.2, 0.25) is 0 Å². The molecule has 1 N–H and O–H groups in total. The smallest absolute Gasteiger partial charge is 0.307 e. The molecule has 0 aliphatic heterocycles. The van der Waals surface area contributed by atoms with Crippen LogP contribution in [0.15, 0.2) is 54.6 Å². The molecule has 1 atom stereocenters. The normalized spacial score (nSPS) is 11.4. The number of esters is 1. The molecule has 9 nitrogen and oxygen atoms in total. The summed E-state index contributed by atoms with van der Waals surface area (Å²) in [5.41, 5.74) is 3.24. The molecule has 0 saturated heterocycles. The molecule has 0 bridgehead atoms. The Labute approximate surface area is 198 Å². The van der Waals surface area contributed by atoms with Crippen molar-refractivity contribution < 1.29 is 14.3 Å². The highest BCUT2D eigenvalue weighted by Gasteiger charge is 2.19. The zero-order chi connectivity index (χ0) is 24.2. The number of amides is 1. The van der Waals surface area contributed by atoms with Gasteiger partial charge >= 0.3 is 5.97 Å². The molecule has 0 aliphatic rings. The number of ether oxygens (including phenoxy) is 1. The van der Waals surface area contributed by atoms with Crippen molar-refractivity contribution in [1.82, 2.24) is 25.5 Å². The average Bonchev–Trinajstić information content (AvgIpc) is 3.30. The Morgan fingerprint density at radius 1 is 1.12 bits per heavy atom. The Hall–Kier alpha value is -4.06. The number of hydrogen-bond acceptors (Lipinski definition) is 7. The predicted molar refractivity (Wildman–Crippen MR) is 125 cm³/mol. The van der Waals surface area contributed by atoms with Gasteiger partial charge in [0.1, 0.15) is 0 Å². The van der Waals surface area contributed by atoms with Crippen LogP contribution >= 0.6 is 0 Å². The maximum atomic E-state index is 12.6. The van der Waals surface area contributed by atoms with Gasteiger partial charge in [0.05, 0.1) is 32.1 Å². The van der Waals surface area contributed by atoms with E-state index in [0.717, 1.165) is 16.7 Å². The number of carbonyl (C=O) groups is 2. The van der Waals surface area contributed by atoms with E-state index in [0.29, 0.717) is 25.2 Å². The summed E-state index contributed by atoms with van der Waals surface area (Å²) in [4.78, 5) is 24.8. The lowest BCUT2D eigenvalue weighted by Crippen LogP contribution is -2.38. The van der Waals surface area contributed by atoms with Crippen LogP contribution in [0.4, 0.5) is 0 Å². The van der Waals surface area contributed by atoms with Gasteiger partial charge in [0.25, 0.3) is 0 Å². The van der Waals surface area contributed by atoms with E-state index in [4.69, 9.17) is 10.00 Å². The van der Waals surface area contributed by atoms with Gasteiger partial charge in [-0.05, 0) is 40.5 Å². The molecule has 1 heterocycles. The van der Waals surface area contributed by atoms with Crippen LogP contribution in [0.3, 0.4) is 0 Å². The minimum atomic E-state index is -0.399. The first-order chi connectivity index (χ1) is 16.6. The monoisotopic (exact) mass is 460 g/mol. The molecule has 1 unspecified atom stereocenters. The number of aromatic nitrogens is 4. The Balaban J connectivity index is 1.61. The highest BCUT2D eigenvalue weighted by atomic mass is 16.5. The Morgan fingerprint density at radius 2 is 1.85 bits per heavy atom. The van der Waals surface area contributed by atoms with Crippen molar-refractivity contribution in [3.05, 3.63) is 66.0 Å². The first-order valence-electron chi connectivity index (χ1n) is 11.3. The summed E-state index contributed by atoms with van der Waals surface area (Å²) in [6, 6.07) is 19.8. The van der Waals surface area contributed by atoms with Crippen molar-refractivity contribution in [1.29, 1.82) is 5.26 Å². The molecule has 0 spiro atoms. The molecule has 1 amide bonds. The number of nitriles is 1. The fourth-order valence-electron chi connectivity index (χ4n) is 3.60. The maximum absolute atomic E-state index is 12.6. The fraction of sp³-hybridized carbons (Fsp3) is 0.360. The maximum Gasteiger partial charge on any atom is 0.307 e. The third-order valence-corrected chi connectivity index (χ3v) is 5.24. The highest BCUT2D eigenvalue weighted by molar-refractivity contribution is 5.78. The molecule has 0 saturated carbocycles. The predicted octanol–water partition coefficient (Wildman–Crippen LogP) is 2.87. The van der Waals surface area contributed by atoms with E-state index in [1.165, 1.54) is 4.68 Å². The van der Waals surface area contributed by atoms with E-state index >= 15 is 0 Å². The van der Waals surface area contributed by atoms with Gasteiger partial charge in [0, 0.05) is 18.9 Å². The second kappa shape index (κ2) is 12.8. The second-order valence-corrected chi connectivity index (χ2v) is 7.77. The number of carbonyl (C=O) groups excluding carboxylic acids is 2. The Morgan fingerprint density at radius 3 is 2.56 bits per heavy atom.